The first-order chi connectivity index (χ1) is 10.1. The molecular weight excluding hydrogens is 270 g/mol. The van der Waals surface area contributed by atoms with Crippen LogP contribution in [-0.2, 0) is 14.3 Å². The smallest absolute Gasteiger partial charge is 0.311 e. The van der Waals surface area contributed by atoms with Crippen molar-refractivity contribution < 1.29 is 19.4 Å². The lowest BCUT2D eigenvalue weighted by molar-refractivity contribution is -0.149. The van der Waals surface area contributed by atoms with Crippen LogP contribution in [0.4, 0.5) is 0 Å². The van der Waals surface area contributed by atoms with Crippen molar-refractivity contribution in [2.45, 2.75) is 31.8 Å². The maximum absolute atomic E-state index is 12.3. The highest BCUT2D eigenvalue weighted by Gasteiger charge is 2.41. The van der Waals surface area contributed by atoms with Crippen molar-refractivity contribution in [1.29, 1.82) is 0 Å². The van der Waals surface area contributed by atoms with Crippen LogP contribution in [0.15, 0.2) is 30.3 Å². The van der Waals surface area contributed by atoms with Gasteiger partial charge in [-0.25, -0.2) is 0 Å². The Bertz CT molecular complexity index is 494. The highest BCUT2D eigenvalue weighted by molar-refractivity contribution is 5.83. The molecule has 2 rings (SSSR count). The number of nitrogens with one attached hydrogen (secondary N) is 1. The maximum Gasteiger partial charge on any atom is 0.311 e. The molecule has 2 N–H and O–H groups in total. The third-order valence-electron chi connectivity index (χ3n) is 4.19. The van der Waals surface area contributed by atoms with Gasteiger partial charge in [-0.2, -0.15) is 0 Å². The van der Waals surface area contributed by atoms with E-state index in [2.05, 4.69) is 5.32 Å². The van der Waals surface area contributed by atoms with Crippen molar-refractivity contribution in [2.24, 2.45) is 5.41 Å². The van der Waals surface area contributed by atoms with Crippen molar-refractivity contribution in [2.75, 3.05) is 13.7 Å². The normalized spacial score (nSPS) is 18.1. The van der Waals surface area contributed by atoms with Gasteiger partial charge in [0.25, 0.3) is 5.91 Å². The summed E-state index contributed by atoms with van der Waals surface area (Å²) >= 11 is 0. The minimum Gasteiger partial charge on any atom is -0.481 e. The van der Waals surface area contributed by atoms with Crippen LogP contribution in [-0.4, -0.2) is 30.6 Å². The number of benzene rings is 1. The zero-order chi connectivity index (χ0) is 15.3. The summed E-state index contributed by atoms with van der Waals surface area (Å²) < 4.78 is 5.25. The zero-order valence-corrected chi connectivity index (χ0v) is 12.2. The summed E-state index contributed by atoms with van der Waals surface area (Å²) in [4.78, 5) is 23.7. The van der Waals surface area contributed by atoms with Crippen LogP contribution in [0.3, 0.4) is 0 Å². The standard InChI is InChI=1S/C16H21NO4/c1-21-13(12-7-3-2-4-8-12)14(18)17-11-16(15(19)20)9-5-6-10-16/h2-4,7-8,13H,5-6,9-11H2,1H3,(H,17,18)(H,19,20). The molecule has 5 nitrogen and oxygen atoms in total. The maximum atomic E-state index is 12.3. The SMILES string of the molecule is COC(C(=O)NCC1(C(=O)O)CCCC1)c1ccccc1. The first-order valence-corrected chi connectivity index (χ1v) is 7.18. The molecule has 0 aliphatic heterocycles. The largest absolute Gasteiger partial charge is 0.481 e. The van der Waals surface area contributed by atoms with Gasteiger partial charge >= 0.3 is 5.97 Å². The quantitative estimate of drug-likeness (QED) is 0.842. The zero-order valence-electron chi connectivity index (χ0n) is 12.2. The van der Waals surface area contributed by atoms with Gasteiger partial charge in [0.2, 0.25) is 0 Å². The number of carboxylic acid groups (broad SMARTS) is 1. The Morgan fingerprint density at radius 2 is 1.90 bits per heavy atom. The van der Waals surface area contributed by atoms with Gasteiger partial charge in [-0.3, -0.25) is 9.59 Å². The molecule has 1 saturated carbocycles. The van der Waals surface area contributed by atoms with Gasteiger partial charge in [0.15, 0.2) is 6.10 Å². The van der Waals surface area contributed by atoms with E-state index in [1.165, 1.54) is 7.11 Å². The Labute approximate surface area is 124 Å². The van der Waals surface area contributed by atoms with Gasteiger partial charge < -0.3 is 15.2 Å². The highest BCUT2D eigenvalue weighted by atomic mass is 16.5. The Morgan fingerprint density at radius 1 is 1.29 bits per heavy atom. The Balaban J connectivity index is 2.01. The van der Waals surface area contributed by atoms with E-state index in [0.717, 1.165) is 18.4 Å². The lowest BCUT2D eigenvalue weighted by Crippen LogP contribution is -2.43. The van der Waals surface area contributed by atoms with E-state index in [0.29, 0.717) is 12.8 Å². The number of methoxy groups -OCH3 is 1. The second-order valence-corrected chi connectivity index (χ2v) is 5.54. The average Bonchev–Trinajstić information content (AvgIpc) is 2.97. The average molecular weight is 291 g/mol. The number of carbonyl (C=O) groups is 2. The summed E-state index contributed by atoms with van der Waals surface area (Å²) in [5.41, 5.74) is -0.0572. The molecule has 1 aliphatic rings. The molecule has 1 atom stereocenters. The number of carboxylic acids is 1. The Kier molecular flexibility index (Phi) is 4.96. The molecule has 1 aromatic carbocycles. The molecule has 114 valence electrons. The minimum absolute atomic E-state index is 0.161. The number of aliphatic carboxylic acids is 1. The number of hydrogen-bond donors (Lipinski definition) is 2. The summed E-state index contributed by atoms with van der Waals surface area (Å²) in [7, 11) is 1.47. The molecule has 0 radical (unpaired) electrons. The highest BCUT2D eigenvalue weighted by Crippen LogP contribution is 2.37. The molecule has 0 aromatic heterocycles. The predicted molar refractivity (Wildman–Crippen MR) is 77.7 cm³/mol. The third kappa shape index (κ3) is 3.42. The first-order valence-electron chi connectivity index (χ1n) is 7.18. The van der Waals surface area contributed by atoms with E-state index in [-0.39, 0.29) is 12.5 Å². The molecule has 5 heteroatoms. The van der Waals surface area contributed by atoms with Crippen LogP contribution in [0, 0.1) is 5.41 Å². The summed E-state index contributed by atoms with van der Waals surface area (Å²) in [5.74, 6) is -1.12. The Hall–Kier alpha value is -1.88. The summed E-state index contributed by atoms with van der Waals surface area (Å²) in [5, 5.41) is 12.2. The van der Waals surface area contributed by atoms with Crippen LogP contribution in [0.1, 0.15) is 37.4 Å². The predicted octanol–water partition coefficient (Wildman–Crippen LogP) is 2.14. The van der Waals surface area contributed by atoms with E-state index >= 15 is 0 Å². The fourth-order valence-electron chi connectivity index (χ4n) is 2.89. The molecule has 21 heavy (non-hydrogen) atoms. The number of hydrogen-bond acceptors (Lipinski definition) is 3. The number of ether oxygens (including phenoxy) is 1. The fraction of sp³-hybridized carbons (Fsp3) is 0.500. The molecular formula is C16H21NO4. The van der Waals surface area contributed by atoms with Crippen molar-refractivity contribution in [3.63, 3.8) is 0 Å². The molecule has 1 aromatic rings. The van der Waals surface area contributed by atoms with Crippen molar-refractivity contribution in [1.82, 2.24) is 5.32 Å². The number of rotatable bonds is 6. The van der Waals surface area contributed by atoms with E-state index in [9.17, 15) is 14.7 Å². The monoisotopic (exact) mass is 291 g/mol. The lowest BCUT2D eigenvalue weighted by Gasteiger charge is -2.25. The molecule has 0 saturated heterocycles. The molecule has 0 bridgehead atoms. The van der Waals surface area contributed by atoms with Crippen molar-refractivity contribution >= 4 is 11.9 Å². The molecule has 1 amide bonds. The van der Waals surface area contributed by atoms with Crippen molar-refractivity contribution in [3.05, 3.63) is 35.9 Å². The van der Waals surface area contributed by atoms with Crippen LogP contribution >= 0.6 is 0 Å². The molecule has 0 spiro atoms. The Morgan fingerprint density at radius 3 is 2.43 bits per heavy atom. The molecule has 0 heterocycles. The second kappa shape index (κ2) is 6.72. The lowest BCUT2D eigenvalue weighted by atomic mass is 9.86. The molecule has 1 fully saturated rings. The van der Waals surface area contributed by atoms with Gasteiger partial charge in [-0.15, -0.1) is 0 Å². The number of amides is 1. The van der Waals surface area contributed by atoms with Crippen LogP contribution in [0.5, 0.6) is 0 Å². The summed E-state index contributed by atoms with van der Waals surface area (Å²) in [6.45, 7) is 0.161. The van der Waals surface area contributed by atoms with E-state index in [1.807, 2.05) is 30.3 Å². The van der Waals surface area contributed by atoms with E-state index in [1.54, 1.807) is 0 Å². The first kappa shape index (κ1) is 15.5. The van der Waals surface area contributed by atoms with Crippen LogP contribution < -0.4 is 5.32 Å². The van der Waals surface area contributed by atoms with Gasteiger partial charge in [0.05, 0.1) is 5.41 Å². The van der Waals surface area contributed by atoms with Crippen molar-refractivity contribution in [3.8, 4) is 0 Å². The summed E-state index contributed by atoms with van der Waals surface area (Å²) in [6, 6.07) is 9.17. The van der Waals surface area contributed by atoms with Gasteiger partial charge in [-0.1, -0.05) is 43.2 Å². The second-order valence-electron chi connectivity index (χ2n) is 5.54. The molecule has 1 aliphatic carbocycles. The molecule has 1 unspecified atom stereocenters. The fourth-order valence-corrected chi connectivity index (χ4v) is 2.89. The van der Waals surface area contributed by atoms with Gasteiger partial charge in [0.1, 0.15) is 0 Å². The third-order valence-corrected chi connectivity index (χ3v) is 4.19. The van der Waals surface area contributed by atoms with Crippen LogP contribution in [0.2, 0.25) is 0 Å². The van der Waals surface area contributed by atoms with Crippen LogP contribution in [0.25, 0.3) is 0 Å². The minimum atomic E-state index is -0.825. The number of carbonyl (C=O) groups excluding carboxylic acids is 1. The summed E-state index contributed by atoms with van der Waals surface area (Å²) in [6.07, 6.45) is 2.32. The van der Waals surface area contributed by atoms with E-state index < -0.39 is 17.5 Å². The van der Waals surface area contributed by atoms with Gasteiger partial charge in [-0.05, 0) is 18.4 Å². The van der Waals surface area contributed by atoms with E-state index in [4.69, 9.17) is 4.74 Å². The van der Waals surface area contributed by atoms with Gasteiger partial charge in [0, 0.05) is 13.7 Å². The topological polar surface area (TPSA) is 75.6 Å².